The molecule has 2 nitrogen and oxygen atoms in total. The summed E-state index contributed by atoms with van der Waals surface area (Å²) < 4.78 is 2.29. The van der Waals surface area contributed by atoms with Gasteiger partial charge in [-0.1, -0.05) is 19.8 Å². The fourth-order valence-corrected chi connectivity index (χ4v) is 1.93. The first kappa shape index (κ1) is 10.6. The molecule has 3 heteroatoms. The highest BCUT2D eigenvalue weighted by Gasteiger charge is 2.08. The first-order valence-electron chi connectivity index (χ1n) is 4.93. The minimum atomic E-state index is 1.06. The molecule has 0 aromatic carbocycles. The van der Waals surface area contributed by atoms with Gasteiger partial charge in [-0.25, -0.2) is 9.55 Å². The van der Waals surface area contributed by atoms with Gasteiger partial charge in [-0.15, -0.1) is 11.8 Å². The molecule has 1 aromatic rings. The third kappa shape index (κ3) is 3.43. The van der Waals surface area contributed by atoms with E-state index in [1.807, 2.05) is 18.0 Å². The largest absolute Gasteiger partial charge is 0.254 e. The molecule has 0 atom stereocenters. The average molecular weight is 199 g/mol. The molecule has 0 aliphatic heterocycles. The minimum Gasteiger partial charge on any atom is -0.248 e. The van der Waals surface area contributed by atoms with Gasteiger partial charge in [0, 0.05) is 6.42 Å². The molecule has 0 unspecified atom stereocenters. The fraction of sp³-hybridized carbons (Fsp3) is 0.700. The Morgan fingerprint density at radius 2 is 2.31 bits per heavy atom. The molecule has 1 aromatic heterocycles. The summed E-state index contributed by atoms with van der Waals surface area (Å²) >= 11 is 1.86. The Kier molecular flexibility index (Phi) is 4.98. The van der Waals surface area contributed by atoms with Crippen LogP contribution in [0.4, 0.5) is 0 Å². The van der Waals surface area contributed by atoms with E-state index in [4.69, 9.17) is 0 Å². The van der Waals surface area contributed by atoms with Crippen LogP contribution in [0.3, 0.4) is 0 Å². The molecular formula is C10H19N2S+. The minimum absolute atomic E-state index is 1.06. The molecule has 1 rings (SSSR count). The van der Waals surface area contributed by atoms with Crippen molar-refractivity contribution >= 4 is 11.8 Å². The second-order valence-corrected chi connectivity index (χ2v) is 4.09. The zero-order valence-corrected chi connectivity index (χ0v) is 9.36. The lowest BCUT2D eigenvalue weighted by molar-refractivity contribution is -0.682. The molecule has 0 aliphatic rings. The SMILES string of the molecule is CCCCCc1[nH]cc[n+]1CSC. The lowest BCUT2D eigenvalue weighted by atomic mass is 10.2. The summed E-state index contributed by atoms with van der Waals surface area (Å²) in [5.41, 5.74) is 0. The third-order valence-electron chi connectivity index (χ3n) is 2.14. The number of aromatic nitrogens is 2. The zero-order chi connectivity index (χ0) is 9.52. The Hall–Kier alpha value is -0.440. The van der Waals surface area contributed by atoms with E-state index >= 15 is 0 Å². The zero-order valence-electron chi connectivity index (χ0n) is 8.55. The standard InChI is InChI=1S/C10H18N2S/c1-3-4-5-6-10-11-7-8-12(10)9-13-2/h7-8H,3-6,9H2,1-2H3/p+1. The van der Waals surface area contributed by atoms with Crippen LogP contribution in [-0.4, -0.2) is 11.2 Å². The monoisotopic (exact) mass is 199 g/mol. The van der Waals surface area contributed by atoms with Crippen LogP contribution < -0.4 is 4.57 Å². The highest BCUT2D eigenvalue weighted by Crippen LogP contribution is 2.01. The van der Waals surface area contributed by atoms with Crippen molar-refractivity contribution < 1.29 is 4.57 Å². The maximum absolute atomic E-state index is 3.30. The Morgan fingerprint density at radius 3 is 3.00 bits per heavy atom. The van der Waals surface area contributed by atoms with Crippen molar-refractivity contribution in [3.8, 4) is 0 Å². The lowest BCUT2D eigenvalue weighted by Crippen LogP contribution is -2.34. The van der Waals surface area contributed by atoms with Gasteiger partial charge in [-0.3, -0.25) is 0 Å². The summed E-state index contributed by atoms with van der Waals surface area (Å²) in [5.74, 6) is 2.42. The molecule has 0 fully saturated rings. The molecule has 0 bridgehead atoms. The number of nitrogens with one attached hydrogen (secondary N) is 1. The van der Waals surface area contributed by atoms with E-state index in [1.165, 1.54) is 31.5 Å². The summed E-state index contributed by atoms with van der Waals surface area (Å²) in [6.07, 6.45) is 11.4. The average Bonchev–Trinajstić information content (AvgIpc) is 2.54. The summed E-state index contributed by atoms with van der Waals surface area (Å²) in [6, 6.07) is 0. The van der Waals surface area contributed by atoms with E-state index in [1.54, 1.807) is 0 Å². The van der Waals surface area contributed by atoms with E-state index in [0.717, 1.165) is 5.88 Å². The first-order valence-corrected chi connectivity index (χ1v) is 6.32. The highest BCUT2D eigenvalue weighted by molar-refractivity contribution is 7.97. The number of imidazole rings is 1. The van der Waals surface area contributed by atoms with Crippen molar-refractivity contribution in [3.63, 3.8) is 0 Å². The predicted molar refractivity (Wildman–Crippen MR) is 57.7 cm³/mol. The molecule has 74 valence electrons. The molecule has 0 amide bonds. The van der Waals surface area contributed by atoms with E-state index in [9.17, 15) is 0 Å². The van der Waals surface area contributed by atoms with Crippen molar-refractivity contribution in [1.82, 2.24) is 4.98 Å². The molecule has 0 radical (unpaired) electrons. The molecule has 1 N–H and O–H groups in total. The number of rotatable bonds is 6. The second-order valence-electron chi connectivity index (χ2n) is 3.25. The summed E-state index contributed by atoms with van der Waals surface area (Å²) in [7, 11) is 0. The summed E-state index contributed by atoms with van der Waals surface area (Å²) in [5, 5.41) is 0. The van der Waals surface area contributed by atoms with Crippen molar-refractivity contribution in [3.05, 3.63) is 18.2 Å². The van der Waals surface area contributed by atoms with E-state index in [2.05, 4.69) is 28.9 Å². The molecular weight excluding hydrogens is 180 g/mol. The van der Waals surface area contributed by atoms with E-state index in [-0.39, 0.29) is 0 Å². The maximum Gasteiger partial charge on any atom is 0.254 e. The van der Waals surface area contributed by atoms with Crippen LogP contribution in [-0.2, 0) is 12.3 Å². The molecule has 0 spiro atoms. The van der Waals surface area contributed by atoms with Gasteiger partial charge in [0.2, 0.25) is 0 Å². The van der Waals surface area contributed by atoms with Gasteiger partial charge in [0.1, 0.15) is 18.3 Å². The van der Waals surface area contributed by atoms with Gasteiger partial charge in [-0.2, -0.15) is 0 Å². The number of H-pyrrole nitrogens is 1. The fourth-order valence-electron chi connectivity index (χ4n) is 1.41. The summed E-state index contributed by atoms with van der Waals surface area (Å²) in [4.78, 5) is 3.30. The quantitative estimate of drug-likeness (QED) is 0.550. The number of thioether (sulfide) groups is 1. The lowest BCUT2D eigenvalue weighted by Gasteiger charge is -1.97. The third-order valence-corrected chi connectivity index (χ3v) is 2.67. The van der Waals surface area contributed by atoms with Crippen molar-refractivity contribution in [1.29, 1.82) is 0 Å². The Labute approximate surface area is 84.7 Å². The number of hydrogen-bond acceptors (Lipinski definition) is 1. The number of unbranched alkanes of at least 4 members (excludes halogenated alkanes) is 2. The molecule has 0 saturated heterocycles. The van der Waals surface area contributed by atoms with Crippen LogP contribution >= 0.6 is 11.8 Å². The van der Waals surface area contributed by atoms with Crippen molar-refractivity contribution in [2.75, 3.05) is 6.26 Å². The number of aryl methyl sites for hydroxylation is 1. The smallest absolute Gasteiger partial charge is 0.248 e. The highest BCUT2D eigenvalue weighted by atomic mass is 32.2. The molecule has 0 saturated carbocycles. The first-order chi connectivity index (χ1) is 6.38. The van der Waals surface area contributed by atoms with Gasteiger partial charge in [0.05, 0.1) is 0 Å². The number of aromatic amines is 1. The van der Waals surface area contributed by atoms with E-state index in [0.29, 0.717) is 0 Å². The van der Waals surface area contributed by atoms with Crippen LogP contribution in [0.2, 0.25) is 0 Å². The van der Waals surface area contributed by atoms with Crippen molar-refractivity contribution in [2.24, 2.45) is 0 Å². The van der Waals surface area contributed by atoms with Crippen LogP contribution in [0, 0.1) is 0 Å². The molecule has 13 heavy (non-hydrogen) atoms. The Bertz CT molecular complexity index is 233. The van der Waals surface area contributed by atoms with Gasteiger partial charge >= 0.3 is 0 Å². The Balaban J connectivity index is 2.40. The van der Waals surface area contributed by atoms with Crippen LogP contribution in [0.15, 0.2) is 12.4 Å². The van der Waals surface area contributed by atoms with Gasteiger partial charge in [-0.05, 0) is 12.7 Å². The Morgan fingerprint density at radius 1 is 1.46 bits per heavy atom. The second kappa shape index (κ2) is 6.08. The molecule has 0 aliphatic carbocycles. The van der Waals surface area contributed by atoms with Crippen LogP contribution in [0.25, 0.3) is 0 Å². The van der Waals surface area contributed by atoms with Gasteiger partial charge in [0.25, 0.3) is 5.82 Å². The van der Waals surface area contributed by atoms with Crippen molar-refractivity contribution in [2.45, 2.75) is 38.5 Å². The summed E-state index contributed by atoms with van der Waals surface area (Å²) in [6.45, 7) is 2.24. The van der Waals surface area contributed by atoms with Gasteiger partial charge in [0.15, 0.2) is 0 Å². The van der Waals surface area contributed by atoms with E-state index < -0.39 is 0 Å². The topological polar surface area (TPSA) is 19.7 Å². The predicted octanol–water partition coefficient (Wildman–Crippen LogP) is 2.36. The van der Waals surface area contributed by atoms with Crippen LogP contribution in [0.5, 0.6) is 0 Å². The molecule has 1 heterocycles. The normalized spacial score (nSPS) is 10.6. The van der Waals surface area contributed by atoms with Gasteiger partial charge < -0.3 is 0 Å². The maximum atomic E-state index is 3.30. The van der Waals surface area contributed by atoms with Crippen LogP contribution in [0.1, 0.15) is 32.0 Å². The number of nitrogens with zero attached hydrogens (tertiary/aromatic N) is 1. The number of hydrogen-bond donors (Lipinski definition) is 1.